The van der Waals surface area contributed by atoms with Crippen LogP contribution in [-0.4, -0.2) is 0 Å². The van der Waals surface area contributed by atoms with E-state index in [0.29, 0.717) is 12.0 Å². The van der Waals surface area contributed by atoms with E-state index in [-0.39, 0.29) is 0 Å². The fourth-order valence-corrected chi connectivity index (χ4v) is 1.55. The minimum absolute atomic E-state index is 0.433. The minimum Gasteiger partial charge on any atom is -0.166 e. The fraction of sp³-hybridized carbons (Fsp3) is 0.455. The lowest BCUT2D eigenvalue weighted by atomic mass is 9.98. The van der Waals surface area contributed by atoms with E-state index < -0.39 is 11.7 Å². The van der Waals surface area contributed by atoms with Crippen LogP contribution in [0.3, 0.4) is 0 Å². The summed E-state index contributed by atoms with van der Waals surface area (Å²) >= 11 is 0. The third kappa shape index (κ3) is 2.28. The molecule has 0 saturated heterocycles. The van der Waals surface area contributed by atoms with Crippen molar-refractivity contribution in [2.45, 2.75) is 32.9 Å². The van der Waals surface area contributed by atoms with Crippen molar-refractivity contribution in [3.05, 3.63) is 34.9 Å². The number of halogens is 3. The number of rotatable bonds is 2. The van der Waals surface area contributed by atoms with Gasteiger partial charge >= 0.3 is 6.18 Å². The first-order chi connectivity index (χ1) is 6.46. The van der Waals surface area contributed by atoms with E-state index in [1.807, 2.05) is 6.92 Å². The second-order valence-corrected chi connectivity index (χ2v) is 3.35. The summed E-state index contributed by atoms with van der Waals surface area (Å²) in [5.74, 6) is 0. The van der Waals surface area contributed by atoms with Crippen molar-refractivity contribution in [3.8, 4) is 0 Å². The zero-order valence-electron chi connectivity index (χ0n) is 8.28. The van der Waals surface area contributed by atoms with Crippen LogP contribution in [0, 0.1) is 6.92 Å². The first-order valence-corrected chi connectivity index (χ1v) is 4.62. The Labute approximate surface area is 81.8 Å². The van der Waals surface area contributed by atoms with Crippen LogP contribution >= 0.6 is 0 Å². The highest BCUT2D eigenvalue weighted by Crippen LogP contribution is 2.33. The van der Waals surface area contributed by atoms with Crippen molar-refractivity contribution in [1.82, 2.24) is 0 Å². The smallest absolute Gasteiger partial charge is 0.166 e. The van der Waals surface area contributed by atoms with E-state index in [9.17, 15) is 13.2 Å². The summed E-state index contributed by atoms with van der Waals surface area (Å²) in [5, 5.41) is 0. The Morgan fingerprint density at radius 1 is 1.21 bits per heavy atom. The van der Waals surface area contributed by atoms with Crippen LogP contribution < -0.4 is 0 Å². The molecule has 0 fully saturated rings. The number of alkyl halides is 3. The Morgan fingerprint density at radius 3 is 2.36 bits per heavy atom. The molecule has 1 aromatic rings. The zero-order chi connectivity index (χ0) is 10.8. The van der Waals surface area contributed by atoms with E-state index in [0.717, 1.165) is 18.1 Å². The summed E-state index contributed by atoms with van der Waals surface area (Å²) in [6.45, 7) is 3.60. The third-order valence-corrected chi connectivity index (χ3v) is 2.22. The Kier molecular flexibility index (Phi) is 3.19. The van der Waals surface area contributed by atoms with Gasteiger partial charge in [0.1, 0.15) is 0 Å². The quantitative estimate of drug-likeness (QED) is 0.680. The molecule has 0 nitrogen and oxygen atoms in total. The Morgan fingerprint density at radius 2 is 1.86 bits per heavy atom. The van der Waals surface area contributed by atoms with Crippen molar-refractivity contribution in [2.75, 3.05) is 0 Å². The van der Waals surface area contributed by atoms with Gasteiger partial charge in [0.2, 0.25) is 0 Å². The van der Waals surface area contributed by atoms with Crippen molar-refractivity contribution < 1.29 is 13.2 Å². The molecule has 0 aliphatic heterocycles. The number of hydrogen-bond donors (Lipinski definition) is 0. The molecule has 0 aliphatic carbocycles. The maximum absolute atomic E-state index is 12.6. The van der Waals surface area contributed by atoms with Gasteiger partial charge in [0.25, 0.3) is 0 Å². The van der Waals surface area contributed by atoms with E-state index >= 15 is 0 Å². The summed E-state index contributed by atoms with van der Waals surface area (Å²) in [6.07, 6.45) is -3.01. The fourth-order valence-electron chi connectivity index (χ4n) is 1.55. The lowest BCUT2D eigenvalue weighted by molar-refractivity contribution is -0.138. The summed E-state index contributed by atoms with van der Waals surface area (Å²) < 4.78 is 37.7. The predicted molar refractivity (Wildman–Crippen MR) is 50.2 cm³/mol. The zero-order valence-corrected chi connectivity index (χ0v) is 8.28. The van der Waals surface area contributed by atoms with Crippen molar-refractivity contribution >= 4 is 0 Å². The Balaban J connectivity index is 3.21. The van der Waals surface area contributed by atoms with Gasteiger partial charge in [-0.2, -0.15) is 13.2 Å². The van der Waals surface area contributed by atoms with Gasteiger partial charge < -0.3 is 0 Å². The number of aryl methyl sites for hydroxylation is 1. The molecule has 1 rings (SSSR count). The van der Waals surface area contributed by atoms with Gasteiger partial charge in [-0.15, -0.1) is 0 Å². The predicted octanol–water partition coefficient (Wildman–Crippen LogP) is 3.97. The molecule has 0 amide bonds. The molecule has 0 heterocycles. The summed E-state index contributed by atoms with van der Waals surface area (Å²) in [6, 6.07) is 4.33. The molecular formula is C11H13F3. The van der Waals surface area contributed by atoms with Crippen LogP contribution in [0.1, 0.15) is 30.0 Å². The summed E-state index contributed by atoms with van der Waals surface area (Å²) in [5.41, 5.74) is 0.670. The summed E-state index contributed by atoms with van der Waals surface area (Å²) in [4.78, 5) is 0. The molecule has 0 spiro atoms. The maximum atomic E-state index is 12.6. The topological polar surface area (TPSA) is 0 Å². The van der Waals surface area contributed by atoms with E-state index in [4.69, 9.17) is 0 Å². The first-order valence-electron chi connectivity index (χ1n) is 4.62. The molecular weight excluding hydrogens is 189 g/mol. The van der Waals surface area contributed by atoms with Crippen LogP contribution in [0.25, 0.3) is 0 Å². The molecule has 0 atom stereocenters. The molecule has 3 heteroatoms. The van der Waals surface area contributed by atoms with Gasteiger partial charge in [-0.25, -0.2) is 0 Å². The maximum Gasteiger partial charge on any atom is 0.416 e. The number of hydrogen-bond acceptors (Lipinski definition) is 0. The lowest BCUT2D eigenvalue weighted by Gasteiger charge is -2.14. The second-order valence-electron chi connectivity index (χ2n) is 3.35. The molecule has 1 aromatic carbocycles. The largest absolute Gasteiger partial charge is 0.416 e. The average molecular weight is 202 g/mol. The van der Waals surface area contributed by atoms with Gasteiger partial charge in [-0.1, -0.05) is 25.5 Å². The van der Waals surface area contributed by atoms with Crippen LogP contribution in [0.15, 0.2) is 18.2 Å². The molecule has 0 saturated carbocycles. The SMILES string of the molecule is CCCc1c(C)cccc1C(F)(F)F. The van der Waals surface area contributed by atoms with Crippen LogP contribution in [-0.2, 0) is 12.6 Å². The average Bonchev–Trinajstić information content (AvgIpc) is 2.07. The highest BCUT2D eigenvalue weighted by molar-refractivity contribution is 5.36. The second kappa shape index (κ2) is 4.03. The number of benzene rings is 1. The molecule has 0 aliphatic rings. The van der Waals surface area contributed by atoms with Gasteiger partial charge in [0, 0.05) is 0 Å². The van der Waals surface area contributed by atoms with Gasteiger partial charge in [-0.05, 0) is 30.5 Å². The van der Waals surface area contributed by atoms with Crippen LogP contribution in [0.4, 0.5) is 13.2 Å². The molecule has 14 heavy (non-hydrogen) atoms. The Hall–Kier alpha value is -0.990. The molecule has 0 N–H and O–H groups in total. The van der Waals surface area contributed by atoms with E-state index in [2.05, 4.69) is 0 Å². The third-order valence-electron chi connectivity index (χ3n) is 2.22. The van der Waals surface area contributed by atoms with Crippen LogP contribution in [0.5, 0.6) is 0 Å². The monoisotopic (exact) mass is 202 g/mol. The van der Waals surface area contributed by atoms with Crippen LogP contribution in [0.2, 0.25) is 0 Å². The molecule has 0 radical (unpaired) electrons. The van der Waals surface area contributed by atoms with Gasteiger partial charge in [-0.3, -0.25) is 0 Å². The highest BCUT2D eigenvalue weighted by Gasteiger charge is 2.33. The van der Waals surface area contributed by atoms with Crippen molar-refractivity contribution in [3.63, 3.8) is 0 Å². The van der Waals surface area contributed by atoms with Crippen molar-refractivity contribution in [2.24, 2.45) is 0 Å². The molecule has 78 valence electrons. The van der Waals surface area contributed by atoms with E-state index in [1.54, 1.807) is 13.0 Å². The standard InChI is InChI=1S/C11H13F3/c1-3-5-9-8(2)6-4-7-10(9)11(12,13)14/h4,6-7H,3,5H2,1-2H3. The van der Waals surface area contributed by atoms with E-state index in [1.165, 1.54) is 6.07 Å². The van der Waals surface area contributed by atoms with Gasteiger partial charge in [0.15, 0.2) is 0 Å². The normalized spacial score (nSPS) is 11.8. The molecule has 0 bridgehead atoms. The van der Waals surface area contributed by atoms with Crippen molar-refractivity contribution in [1.29, 1.82) is 0 Å². The molecule has 0 aromatic heterocycles. The lowest BCUT2D eigenvalue weighted by Crippen LogP contribution is -2.10. The molecule has 0 unspecified atom stereocenters. The Bertz CT molecular complexity index is 313. The highest BCUT2D eigenvalue weighted by atomic mass is 19.4. The summed E-state index contributed by atoms with van der Waals surface area (Å²) in [7, 11) is 0. The first kappa shape index (κ1) is 11.1. The minimum atomic E-state index is -4.23. The van der Waals surface area contributed by atoms with Gasteiger partial charge in [0.05, 0.1) is 5.56 Å².